The first-order valence-electron chi connectivity index (χ1n) is 7.74. The van der Waals surface area contributed by atoms with Crippen LogP contribution in [-0.2, 0) is 4.79 Å². The molecule has 0 aliphatic carbocycles. The summed E-state index contributed by atoms with van der Waals surface area (Å²) in [6.45, 7) is 4.18. The minimum absolute atomic E-state index is 0.181. The molecule has 7 heteroatoms. The van der Waals surface area contributed by atoms with Gasteiger partial charge >= 0.3 is 0 Å². The normalized spacial score (nSPS) is 14.6. The van der Waals surface area contributed by atoms with E-state index in [9.17, 15) is 4.79 Å². The second-order valence-electron chi connectivity index (χ2n) is 6.05. The van der Waals surface area contributed by atoms with Gasteiger partial charge in [0, 0.05) is 26.8 Å². The molecule has 1 heterocycles. The molecule has 0 aliphatic rings. The van der Waals surface area contributed by atoms with E-state index < -0.39 is 5.54 Å². The number of unbranched alkanes of at least 4 members (excludes halogenated alkanes) is 1. The number of hydrogen-bond donors (Lipinski definition) is 2. The molecule has 0 aliphatic heterocycles. The smallest absolute Gasteiger partial charge is 0.262 e. The molecule has 0 saturated carbocycles. The minimum Gasteiger partial charge on any atom is -0.388 e. The van der Waals surface area contributed by atoms with E-state index >= 15 is 0 Å². The lowest BCUT2D eigenvalue weighted by Crippen LogP contribution is -2.57. The fourth-order valence-electron chi connectivity index (χ4n) is 2.18. The van der Waals surface area contributed by atoms with Gasteiger partial charge in [0.15, 0.2) is 0 Å². The number of amides is 1. The average Bonchev–Trinajstić information content (AvgIpc) is 2.47. The van der Waals surface area contributed by atoms with Crippen LogP contribution in [0.2, 0.25) is 0 Å². The average molecular weight is 320 g/mol. The lowest BCUT2D eigenvalue weighted by Gasteiger charge is -2.34. The molecule has 1 amide bonds. The summed E-state index contributed by atoms with van der Waals surface area (Å²) in [6.07, 6.45) is 3.88. The van der Waals surface area contributed by atoms with Crippen LogP contribution in [0.4, 0.5) is 5.82 Å². The Labute approximate surface area is 138 Å². The summed E-state index contributed by atoms with van der Waals surface area (Å²) in [5.74, 6) is 0.952. The number of aliphatic imine (C=N–C) groups is 1. The summed E-state index contributed by atoms with van der Waals surface area (Å²) in [7, 11) is 3.59. The lowest BCUT2D eigenvalue weighted by atomic mass is 9.94. The van der Waals surface area contributed by atoms with Crippen molar-refractivity contribution >= 4 is 17.6 Å². The third-order valence-electron chi connectivity index (χ3n) is 3.41. The van der Waals surface area contributed by atoms with Gasteiger partial charge in [-0.15, -0.1) is 0 Å². The molecule has 1 atom stereocenters. The van der Waals surface area contributed by atoms with Crippen LogP contribution in [0, 0.1) is 0 Å². The van der Waals surface area contributed by atoms with Crippen LogP contribution in [0.25, 0.3) is 0 Å². The first-order valence-corrected chi connectivity index (χ1v) is 7.74. The number of rotatable bonds is 8. The second kappa shape index (κ2) is 8.59. The summed E-state index contributed by atoms with van der Waals surface area (Å²) >= 11 is 0. The van der Waals surface area contributed by atoms with E-state index in [4.69, 9.17) is 11.5 Å². The number of nitrogens with two attached hydrogens (primary N) is 2. The van der Waals surface area contributed by atoms with Crippen LogP contribution < -0.4 is 16.5 Å². The zero-order valence-corrected chi connectivity index (χ0v) is 14.5. The third-order valence-corrected chi connectivity index (χ3v) is 3.41. The van der Waals surface area contributed by atoms with E-state index in [0.29, 0.717) is 24.6 Å². The number of pyridine rings is 1. The summed E-state index contributed by atoms with van der Waals surface area (Å²) in [5, 5.41) is 3.19. The number of hydrazine groups is 1. The monoisotopic (exact) mass is 320 g/mol. The molecule has 0 bridgehead atoms. The van der Waals surface area contributed by atoms with Crippen molar-refractivity contribution in [2.24, 2.45) is 16.5 Å². The first-order chi connectivity index (χ1) is 10.8. The van der Waals surface area contributed by atoms with Crippen LogP contribution in [0.5, 0.6) is 0 Å². The van der Waals surface area contributed by atoms with Gasteiger partial charge in [0.05, 0.1) is 11.4 Å². The van der Waals surface area contributed by atoms with Crippen molar-refractivity contribution in [2.75, 3.05) is 25.6 Å². The van der Waals surface area contributed by atoms with E-state index in [0.717, 1.165) is 12.8 Å². The maximum Gasteiger partial charge on any atom is 0.262 e. The minimum atomic E-state index is -0.969. The van der Waals surface area contributed by atoms with E-state index in [1.165, 1.54) is 5.01 Å². The summed E-state index contributed by atoms with van der Waals surface area (Å²) < 4.78 is 0. The summed E-state index contributed by atoms with van der Waals surface area (Å²) in [4.78, 5) is 21.2. The molecule has 1 aromatic heterocycles. The zero-order valence-electron chi connectivity index (χ0n) is 14.5. The predicted molar refractivity (Wildman–Crippen MR) is 94.0 cm³/mol. The molecule has 7 nitrogen and oxygen atoms in total. The zero-order chi connectivity index (χ0) is 17.5. The van der Waals surface area contributed by atoms with Crippen LogP contribution in [0.3, 0.4) is 0 Å². The molecule has 23 heavy (non-hydrogen) atoms. The fraction of sp³-hybridized carbons (Fsp3) is 0.562. The highest BCUT2D eigenvalue weighted by molar-refractivity contribution is 5.98. The summed E-state index contributed by atoms with van der Waals surface area (Å²) in [5.41, 5.74) is 10.8. The standard InChI is InChI=1S/C16H28N6O/c1-13(17)19-11-8-6-10-16(2,18)15(23)22(21(3)4)14-9-5-7-12-20-14/h5,7,9,12H,6,8,10-11,18H2,1-4H3,(H2,17,19)/t16-/m0/s1. The number of hydrogen-bond acceptors (Lipinski definition) is 5. The third kappa shape index (κ3) is 5.96. The fourth-order valence-corrected chi connectivity index (χ4v) is 2.18. The quantitative estimate of drug-likeness (QED) is 0.324. The van der Waals surface area contributed by atoms with Crippen LogP contribution in [-0.4, -0.2) is 47.9 Å². The molecule has 1 aromatic rings. The van der Waals surface area contributed by atoms with Gasteiger partial charge in [-0.2, -0.15) is 0 Å². The van der Waals surface area contributed by atoms with Crippen molar-refractivity contribution in [1.82, 2.24) is 9.99 Å². The first kappa shape index (κ1) is 19.1. The molecule has 0 fully saturated rings. The largest absolute Gasteiger partial charge is 0.388 e. The lowest BCUT2D eigenvalue weighted by molar-refractivity contribution is -0.126. The molecule has 4 N–H and O–H groups in total. The van der Waals surface area contributed by atoms with Crippen molar-refractivity contribution in [3.05, 3.63) is 24.4 Å². The number of aromatic nitrogens is 1. The van der Waals surface area contributed by atoms with E-state index in [1.807, 2.05) is 12.1 Å². The Balaban J connectivity index is 2.72. The van der Waals surface area contributed by atoms with Gasteiger partial charge in [0.2, 0.25) is 0 Å². The Kier molecular flexibility index (Phi) is 7.12. The Hall–Kier alpha value is -1.99. The number of anilines is 1. The van der Waals surface area contributed by atoms with Gasteiger partial charge in [0.1, 0.15) is 5.82 Å². The number of nitrogens with zero attached hydrogens (tertiary/aromatic N) is 4. The molecular formula is C16H28N6O. The van der Waals surface area contributed by atoms with Gasteiger partial charge in [-0.3, -0.25) is 9.79 Å². The molecule has 0 unspecified atom stereocenters. The number of carbonyl (C=O) groups excluding carboxylic acids is 1. The van der Waals surface area contributed by atoms with Crippen molar-refractivity contribution in [3.8, 4) is 0 Å². The SMILES string of the molecule is CC(N)=NCCCC[C@](C)(N)C(=O)N(c1ccccn1)N(C)C. The molecular weight excluding hydrogens is 292 g/mol. The van der Waals surface area contributed by atoms with Crippen LogP contribution >= 0.6 is 0 Å². The van der Waals surface area contributed by atoms with E-state index in [1.54, 1.807) is 45.2 Å². The molecule has 0 aromatic carbocycles. The van der Waals surface area contributed by atoms with Crippen LogP contribution in [0.1, 0.15) is 33.1 Å². The second-order valence-corrected chi connectivity index (χ2v) is 6.05. The molecule has 0 spiro atoms. The number of carbonyl (C=O) groups is 1. The van der Waals surface area contributed by atoms with Crippen molar-refractivity contribution in [1.29, 1.82) is 0 Å². The van der Waals surface area contributed by atoms with Gasteiger partial charge in [0.25, 0.3) is 5.91 Å². The van der Waals surface area contributed by atoms with E-state index in [-0.39, 0.29) is 5.91 Å². The molecule has 0 saturated heterocycles. The van der Waals surface area contributed by atoms with Crippen LogP contribution in [0.15, 0.2) is 29.4 Å². The predicted octanol–water partition coefficient (Wildman–Crippen LogP) is 1.16. The maximum absolute atomic E-state index is 12.9. The Morgan fingerprint density at radius 1 is 1.35 bits per heavy atom. The highest BCUT2D eigenvalue weighted by atomic mass is 16.2. The molecule has 128 valence electrons. The van der Waals surface area contributed by atoms with Gasteiger partial charge in [-0.05, 0) is 45.2 Å². The molecule has 0 radical (unpaired) electrons. The van der Waals surface area contributed by atoms with Gasteiger partial charge < -0.3 is 11.5 Å². The number of amidine groups is 1. The Morgan fingerprint density at radius 3 is 2.57 bits per heavy atom. The van der Waals surface area contributed by atoms with E-state index in [2.05, 4.69) is 9.98 Å². The highest BCUT2D eigenvalue weighted by Gasteiger charge is 2.34. The van der Waals surface area contributed by atoms with Gasteiger partial charge in [-0.25, -0.2) is 15.0 Å². The van der Waals surface area contributed by atoms with Crippen molar-refractivity contribution < 1.29 is 4.79 Å². The maximum atomic E-state index is 12.9. The van der Waals surface area contributed by atoms with Crippen molar-refractivity contribution in [3.63, 3.8) is 0 Å². The Bertz CT molecular complexity index is 523. The highest BCUT2D eigenvalue weighted by Crippen LogP contribution is 2.19. The van der Waals surface area contributed by atoms with Gasteiger partial charge in [-0.1, -0.05) is 6.07 Å². The Morgan fingerprint density at radius 2 is 2.04 bits per heavy atom. The topological polar surface area (TPSA) is 101 Å². The summed E-state index contributed by atoms with van der Waals surface area (Å²) in [6, 6.07) is 5.43. The molecule has 1 rings (SSSR count). The van der Waals surface area contributed by atoms with Crippen molar-refractivity contribution in [2.45, 2.75) is 38.6 Å².